The van der Waals surface area contributed by atoms with Gasteiger partial charge in [0.25, 0.3) is 0 Å². The first kappa shape index (κ1) is 10.1. The van der Waals surface area contributed by atoms with E-state index in [0.29, 0.717) is 6.42 Å². The number of aryl methyl sites for hydroxylation is 1. The van der Waals surface area contributed by atoms with Gasteiger partial charge in [0.05, 0.1) is 4.88 Å². The minimum Gasteiger partial charge on any atom is -0.293 e. The third kappa shape index (κ3) is 2.50. The van der Waals surface area contributed by atoms with Crippen molar-refractivity contribution in [1.82, 2.24) is 4.98 Å². The second-order valence-corrected chi connectivity index (χ2v) is 4.36. The Morgan fingerprint density at radius 1 is 1.53 bits per heavy atom. The number of hydrogen-bond donors (Lipinski definition) is 0. The van der Waals surface area contributed by atoms with E-state index in [4.69, 9.17) is 0 Å². The van der Waals surface area contributed by atoms with Crippen LogP contribution in [0.25, 0.3) is 0 Å². The first-order valence-corrected chi connectivity index (χ1v) is 5.61. The molecule has 15 heavy (non-hydrogen) atoms. The molecule has 3 heteroatoms. The molecule has 2 rings (SSSR count). The summed E-state index contributed by atoms with van der Waals surface area (Å²) in [7, 11) is 0. The molecule has 2 aromatic rings. The molecule has 76 valence electrons. The smallest absolute Gasteiger partial charge is 0.177 e. The number of hydrogen-bond acceptors (Lipinski definition) is 3. The van der Waals surface area contributed by atoms with Crippen LogP contribution < -0.4 is 0 Å². The lowest BCUT2D eigenvalue weighted by atomic mass is 10.1. The zero-order chi connectivity index (χ0) is 10.7. The number of aromatic nitrogens is 1. The number of pyridine rings is 1. The van der Waals surface area contributed by atoms with Gasteiger partial charge in [0.2, 0.25) is 0 Å². The lowest BCUT2D eigenvalue weighted by molar-refractivity contribution is 0.0996. The van der Waals surface area contributed by atoms with E-state index < -0.39 is 0 Å². The number of thiophene rings is 1. The molecular formula is C12H11NOS. The Balaban J connectivity index is 2.11. The summed E-state index contributed by atoms with van der Waals surface area (Å²) < 4.78 is 0. The van der Waals surface area contributed by atoms with E-state index in [1.165, 1.54) is 11.3 Å². The topological polar surface area (TPSA) is 30.0 Å². The predicted molar refractivity (Wildman–Crippen MR) is 61.3 cm³/mol. The van der Waals surface area contributed by atoms with Crippen molar-refractivity contribution >= 4 is 17.1 Å². The highest BCUT2D eigenvalue weighted by Gasteiger charge is 2.08. The van der Waals surface area contributed by atoms with E-state index in [9.17, 15) is 4.79 Å². The molecule has 2 nitrogen and oxygen atoms in total. The van der Waals surface area contributed by atoms with Gasteiger partial charge in [-0.3, -0.25) is 9.78 Å². The first-order valence-electron chi connectivity index (χ1n) is 4.73. The first-order chi connectivity index (χ1) is 7.25. The number of ketones is 1. The molecule has 0 N–H and O–H groups in total. The summed E-state index contributed by atoms with van der Waals surface area (Å²) >= 11 is 1.51. The van der Waals surface area contributed by atoms with Gasteiger partial charge >= 0.3 is 0 Å². The summed E-state index contributed by atoms with van der Waals surface area (Å²) in [5, 5.41) is 2.00. The van der Waals surface area contributed by atoms with Gasteiger partial charge in [0, 0.05) is 18.8 Å². The largest absolute Gasteiger partial charge is 0.293 e. The Morgan fingerprint density at radius 2 is 2.40 bits per heavy atom. The molecule has 0 unspecified atom stereocenters. The van der Waals surface area contributed by atoms with Crippen LogP contribution in [0.1, 0.15) is 20.8 Å². The number of carbonyl (C=O) groups excluding carboxylic acids is 1. The van der Waals surface area contributed by atoms with Crippen molar-refractivity contribution in [2.45, 2.75) is 13.3 Å². The summed E-state index contributed by atoms with van der Waals surface area (Å²) in [6.45, 7) is 2.00. The van der Waals surface area contributed by atoms with Crippen LogP contribution in [0.4, 0.5) is 0 Å². The van der Waals surface area contributed by atoms with E-state index in [1.807, 2.05) is 30.5 Å². The summed E-state index contributed by atoms with van der Waals surface area (Å²) in [5.74, 6) is 0.168. The fourth-order valence-corrected chi connectivity index (χ4v) is 2.19. The van der Waals surface area contributed by atoms with Crippen molar-refractivity contribution in [1.29, 1.82) is 0 Å². The average molecular weight is 217 g/mol. The van der Waals surface area contributed by atoms with Gasteiger partial charge in [-0.05, 0) is 35.6 Å². The van der Waals surface area contributed by atoms with Crippen molar-refractivity contribution in [3.63, 3.8) is 0 Å². The fraction of sp³-hybridized carbons (Fsp3) is 0.167. The maximum atomic E-state index is 11.8. The van der Waals surface area contributed by atoms with Crippen LogP contribution in [0.15, 0.2) is 36.0 Å². The van der Waals surface area contributed by atoms with Crippen molar-refractivity contribution < 1.29 is 4.79 Å². The minimum absolute atomic E-state index is 0.168. The third-order valence-corrected chi connectivity index (χ3v) is 3.18. The van der Waals surface area contributed by atoms with E-state index in [1.54, 1.807) is 12.4 Å². The van der Waals surface area contributed by atoms with Crippen molar-refractivity contribution in [3.05, 3.63) is 52.0 Å². The molecule has 0 atom stereocenters. The van der Waals surface area contributed by atoms with Crippen molar-refractivity contribution in [2.24, 2.45) is 0 Å². The maximum Gasteiger partial charge on any atom is 0.177 e. The highest BCUT2D eigenvalue weighted by molar-refractivity contribution is 7.12. The molecule has 0 aliphatic heterocycles. The Labute approximate surface area is 92.6 Å². The van der Waals surface area contributed by atoms with Gasteiger partial charge in [-0.15, -0.1) is 11.3 Å². The Hall–Kier alpha value is -1.48. The molecular weight excluding hydrogens is 206 g/mol. The SMILES string of the molecule is Cc1csc(C(=O)Cc2cccnc2)c1. The summed E-state index contributed by atoms with van der Waals surface area (Å²) in [6.07, 6.45) is 3.88. The molecule has 2 aromatic heterocycles. The van der Waals surface area contributed by atoms with Crippen LogP contribution >= 0.6 is 11.3 Å². The second kappa shape index (κ2) is 4.36. The highest BCUT2D eigenvalue weighted by atomic mass is 32.1. The normalized spacial score (nSPS) is 10.2. The standard InChI is InChI=1S/C12H11NOS/c1-9-5-12(15-8-9)11(14)6-10-3-2-4-13-7-10/h2-5,7-8H,6H2,1H3. The van der Waals surface area contributed by atoms with Gasteiger partial charge in [-0.25, -0.2) is 0 Å². The molecule has 0 bridgehead atoms. The van der Waals surface area contributed by atoms with Gasteiger partial charge in [-0.2, -0.15) is 0 Å². The van der Waals surface area contributed by atoms with E-state index in [-0.39, 0.29) is 5.78 Å². The van der Waals surface area contributed by atoms with Gasteiger partial charge in [-0.1, -0.05) is 6.07 Å². The maximum absolute atomic E-state index is 11.8. The van der Waals surface area contributed by atoms with Crippen LogP contribution in [-0.2, 0) is 6.42 Å². The number of carbonyl (C=O) groups is 1. The van der Waals surface area contributed by atoms with Crippen LogP contribution in [-0.4, -0.2) is 10.8 Å². The summed E-state index contributed by atoms with van der Waals surface area (Å²) in [5.41, 5.74) is 2.11. The molecule has 0 amide bonds. The highest BCUT2D eigenvalue weighted by Crippen LogP contribution is 2.16. The van der Waals surface area contributed by atoms with E-state index >= 15 is 0 Å². The van der Waals surface area contributed by atoms with Crippen molar-refractivity contribution in [3.8, 4) is 0 Å². The molecule has 0 aliphatic carbocycles. The molecule has 0 aromatic carbocycles. The number of rotatable bonds is 3. The fourth-order valence-electron chi connectivity index (χ4n) is 1.35. The molecule has 0 spiro atoms. The van der Waals surface area contributed by atoms with Gasteiger partial charge < -0.3 is 0 Å². The Bertz CT molecular complexity index is 461. The van der Waals surface area contributed by atoms with Crippen LogP contribution in [0.5, 0.6) is 0 Å². The average Bonchev–Trinajstić information content (AvgIpc) is 2.66. The lowest BCUT2D eigenvalue weighted by Crippen LogP contribution is -2.01. The van der Waals surface area contributed by atoms with Gasteiger partial charge in [0.1, 0.15) is 0 Å². The molecule has 0 fully saturated rings. The lowest BCUT2D eigenvalue weighted by Gasteiger charge is -1.97. The number of Topliss-reactive ketones (excluding diaryl/α,β-unsaturated/α-hetero) is 1. The van der Waals surface area contributed by atoms with Crippen LogP contribution in [0.2, 0.25) is 0 Å². The van der Waals surface area contributed by atoms with Crippen molar-refractivity contribution in [2.75, 3.05) is 0 Å². The number of nitrogens with zero attached hydrogens (tertiary/aromatic N) is 1. The van der Waals surface area contributed by atoms with E-state index in [0.717, 1.165) is 16.0 Å². The van der Waals surface area contributed by atoms with Gasteiger partial charge in [0.15, 0.2) is 5.78 Å². The molecule has 0 saturated carbocycles. The molecule has 2 heterocycles. The zero-order valence-corrected chi connectivity index (χ0v) is 9.25. The van der Waals surface area contributed by atoms with Crippen LogP contribution in [0, 0.1) is 6.92 Å². The molecule has 0 radical (unpaired) electrons. The zero-order valence-electron chi connectivity index (χ0n) is 8.43. The Kier molecular flexibility index (Phi) is 2.92. The summed E-state index contributed by atoms with van der Waals surface area (Å²) in [4.78, 5) is 16.6. The quantitative estimate of drug-likeness (QED) is 0.740. The minimum atomic E-state index is 0.168. The third-order valence-electron chi connectivity index (χ3n) is 2.09. The predicted octanol–water partition coefficient (Wildman–Crippen LogP) is 2.88. The van der Waals surface area contributed by atoms with E-state index in [2.05, 4.69) is 4.98 Å². The molecule has 0 saturated heterocycles. The second-order valence-electron chi connectivity index (χ2n) is 3.45. The summed E-state index contributed by atoms with van der Waals surface area (Å²) in [6, 6.07) is 5.71. The molecule has 0 aliphatic rings. The van der Waals surface area contributed by atoms with Crippen LogP contribution in [0.3, 0.4) is 0 Å². The Morgan fingerprint density at radius 3 is 3.00 bits per heavy atom. The monoisotopic (exact) mass is 217 g/mol.